The molecular formula is C14H19N3. The molecule has 0 aliphatic heterocycles. The fourth-order valence-corrected chi connectivity index (χ4v) is 3.03. The van der Waals surface area contributed by atoms with Crippen LogP contribution in [-0.4, -0.2) is 23.1 Å². The maximum absolute atomic E-state index is 4.16. The predicted octanol–water partition coefficient (Wildman–Crippen LogP) is 2.81. The van der Waals surface area contributed by atoms with Gasteiger partial charge in [-0.1, -0.05) is 0 Å². The zero-order valence-electron chi connectivity index (χ0n) is 10.2. The van der Waals surface area contributed by atoms with Gasteiger partial charge in [0.25, 0.3) is 0 Å². The van der Waals surface area contributed by atoms with Crippen LogP contribution in [0.15, 0.2) is 24.7 Å². The fraction of sp³-hybridized carbons (Fsp3) is 0.500. The van der Waals surface area contributed by atoms with Crippen LogP contribution >= 0.6 is 0 Å². The van der Waals surface area contributed by atoms with Gasteiger partial charge < -0.3 is 10.3 Å². The fourth-order valence-electron chi connectivity index (χ4n) is 3.03. The van der Waals surface area contributed by atoms with E-state index in [1.807, 2.05) is 12.4 Å². The van der Waals surface area contributed by atoms with E-state index in [0.29, 0.717) is 0 Å². The number of pyridine rings is 1. The molecule has 17 heavy (non-hydrogen) atoms. The number of H-pyrrole nitrogens is 1. The number of nitrogens with one attached hydrogen (secondary N) is 2. The van der Waals surface area contributed by atoms with Gasteiger partial charge in [0.1, 0.15) is 0 Å². The molecule has 2 aromatic heterocycles. The summed E-state index contributed by atoms with van der Waals surface area (Å²) in [5, 5.41) is 4.74. The topological polar surface area (TPSA) is 40.7 Å². The second-order valence-electron chi connectivity index (χ2n) is 5.00. The van der Waals surface area contributed by atoms with Crippen molar-refractivity contribution in [2.75, 3.05) is 7.05 Å². The van der Waals surface area contributed by atoms with Crippen molar-refractivity contribution in [2.45, 2.75) is 37.6 Å². The third-order valence-corrected chi connectivity index (χ3v) is 4.09. The summed E-state index contributed by atoms with van der Waals surface area (Å²) in [6, 6.07) is 2.85. The molecule has 0 radical (unpaired) electrons. The summed E-state index contributed by atoms with van der Waals surface area (Å²) in [5.41, 5.74) is 2.65. The molecule has 1 aliphatic carbocycles. The number of hydrogen-bond acceptors (Lipinski definition) is 2. The van der Waals surface area contributed by atoms with Crippen molar-refractivity contribution in [1.82, 2.24) is 15.3 Å². The molecule has 0 saturated heterocycles. The van der Waals surface area contributed by atoms with Gasteiger partial charge in [0.15, 0.2) is 0 Å². The summed E-state index contributed by atoms with van der Waals surface area (Å²) in [7, 11) is 2.07. The number of nitrogens with zero attached hydrogens (tertiary/aromatic N) is 1. The average Bonchev–Trinajstić information content (AvgIpc) is 2.83. The molecule has 3 heteroatoms. The Kier molecular flexibility index (Phi) is 2.85. The van der Waals surface area contributed by atoms with Crippen LogP contribution in [-0.2, 0) is 0 Å². The van der Waals surface area contributed by atoms with E-state index in [1.165, 1.54) is 42.1 Å². The first kappa shape index (κ1) is 10.8. The van der Waals surface area contributed by atoms with Gasteiger partial charge in [-0.25, -0.2) is 0 Å². The Labute approximate surface area is 102 Å². The lowest BCUT2D eigenvalue weighted by molar-refractivity contribution is 0.360. The third-order valence-electron chi connectivity index (χ3n) is 4.09. The molecule has 0 spiro atoms. The molecule has 3 nitrogen and oxygen atoms in total. The molecule has 2 aromatic rings. The second kappa shape index (κ2) is 4.49. The van der Waals surface area contributed by atoms with Gasteiger partial charge in [-0.05, 0) is 50.3 Å². The van der Waals surface area contributed by atoms with Crippen molar-refractivity contribution < 1.29 is 0 Å². The predicted molar refractivity (Wildman–Crippen MR) is 70.2 cm³/mol. The standard InChI is InChI=1S/C14H19N3/c1-15-11-4-2-10(3-5-11)13-8-17-14-9-16-7-6-12(13)14/h6-11,15,17H,2-5H2,1H3. The number of aromatic nitrogens is 2. The summed E-state index contributed by atoms with van der Waals surface area (Å²) in [6.07, 6.45) is 11.1. The van der Waals surface area contributed by atoms with Crippen LogP contribution in [0, 0.1) is 0 Å². The van der Waals surface area contributed by atoms with Crippen molar-refractivity contribution in [2.24, 2.45) is 0 Å². The van der Waals surface area contributed by atoms with Crippen LogP contribution in [0.1, 0.15) is 37.2 Å². The molecule has 0 bridgehead atoms. The van der Waals surface area contributed by atoms with Crippen LogP contribution in [0.4, 0.5) is 0 Å². The smallest absolute Gasteiger partial charge is 0.0643 e. The summed E-state index contributed by atoms with van der Waals surface area (Å²) >= 11 is 0. The van der Waals surface area contributed by atoms with E-state index in [1.54, 1.807) is 0 Å². The molecule has 0 unspecified atom stereocenters. The first-order valence-corrected chi connectivity index (χ1v) is 6.46. The Balaban J connectivity index is 1.85. The summed E-state index contributed by atoms with van der Waals surface area (Å²) in [5.74, 6) is 0.718. The molecule has 1 saturated carbocycles. The minimum Gasteiger partial charge on any atom is -0.360 e. The minimum atomic E-state index is 0.718. The van der Waals surface area contributed by atoms with Crippen molar-refractivity contribution >= 4 is 10.9 Å². The quantitative estimate of drug-likeness (QED) is 0.831. The number of fused-ring (bicyclic) bond motifs is 1. The lowest BCUT2D eigenvalue weighted by Crippen LogP contribution is -2.29. The number of rotatable bonds is 2. The Morgan fingerprint density at radius 3 is 2.88 bits per heavy atom. The van der Waals surface area contributed by atoms with Crippen LogP contribution in [0.2, 0.25) is 0 Å². The zero-order chi connectivity index (χ0) is 11.7. The molecule has 0 aromatic carbocycles. The van der Waals surface area contributed by atoms with Crippen molar-refractivity contribution in [1.29, 1.82) is 0 Å². The van der Waals surface area contributed by atoms with E-state index >= 15 is 0 Å². The molecule has 2 N–H and O–H groups in total. The Morgan fingerprint density at radius 2 is 2.12 bits per heavy atom. The largest absolute Gasteiger partial charge is 0.360 e. The van der Waals surface area contributed by atoms with E-state index in [0.717, 1.165) is 12.0 Å². The maximum Gasteiger partial charge on any atom is 0.0643 e. The van der Waals surface area contributed by atoms with Crippen LogP contribution in [0.25, 0.3) is 10.9 Å². The first-order valence-electron chi connectivity index (χ1n) is 6.46. The molecule has 1 aliphatic rings. The minimum absolute atomic E-state index is 0.718. The van der Waals surface area contributed by atoms with E-state index in [-0.39, 0.29) is 0 Å². The monoisotopic (exact) mass is 229 g/mol. The van der Waals surface area contributed by atoms with Gasteiger partial charge in [0.2, 0.25) is 0 Å². The Bertz CT molecular complexity index is 495. The van der Waals surface area contributed by atoms with Crippen molar-refractivity contribution in [3.63, 3.8) is 0 Å². The van der Waals surface area contributed by atoms with Gasteiger partial charge >= 0.3 is 0 Å². The highest BCUT2D eigenvalue weighted by Gasteiger charge is 2.23. The normalized spacial score (nSPS) is 25.2. The van der Waals surface area contributed by atoms with Gasteiger partial charge in [0.05, 0.1) is 11.7 Å². The third kappa shape index (κ3) is 1.95. The number of hydrogen-bond donors (Lipinski definition) is 2. The maximum atomic E-state index is 4.16. The highest BCUT2D eigenvalue weighted by atomic mass is 14.9. The van der Waals surface area contributed by atoms with E-state index in [9.17, 15) is 0 Å². The summed E-state index contributed by atoms with van der Waals surface area (Å²) < 4.78 is 0. The number of aromatic amines is 1. The van der Waals surface area contributed by atoms with Gasteiger partial charge in [-0.2, -0.15) is 0 Å². The zero-order valence-corrected chi connectivity index (χ0v) is 10.2. The molecule has 2 heterocycles. The highest BCUT2D eigenvalue weighted by molar-refractivity contribution is 5.82. The Morgan fingerprint density at radius 1 is 1.29 bits per heavy atom. The van der Waals surface area contributed by atoms with Gasteiger partial charge in [-0.3, -0.25) is 4.98 Å². The summed E-state index contributed by atoms with van der Waals surface area (Å²) in [4.78, 5) is 7.49. The van der Waals surface area contributed by atoms with Crippen molar-refractivity contribution in [3.05, 3.63) is 30.2 Å². The van der Waals surface area contributed by atoms with Crippen LogP contribution < -0.4 is 5.32 Å². The molecule has 0 amide bonds. The molecule has 90 valence electrons. The van der Waals surface area contributed by atoms with Crippen LogP contribution in [0.3, 0.4) is 0 Å². The lowest BCUT2D eigenvalue weighted by Gasteiger charge is -2.28. The van der Waals surface area contributed by atoms with Gasteiger partial charge in [0, 0.05) is 23.8 Å². The molecule has 1 fully saturated rings. The molecular weight excluding hydrogens is 210 g/mol. The first-order chi connectivity index (χ1) is 8.38. The highest BCUT2D eigenvalue weighted by Crippen LogP contribution is 2.36. The van der Waals surface area contributed by atoms with Gasteiger partial charge in [-0.15, -0.1) is 0 Å². The van der Waals surface area contributed by atoms with E-state index in [4.69, 9.17) is 0 Å². The lowest BCUT2D eigenvalue weighted by atomic mass is 9.82. The van der Waals surface area contributed by atoms with Crippen LogP contribution in [0.5, 0.6) is 0 Å². The molecule has 0 atom stereocenters. The second-order valence-corrected chi connectivity index (χ2v) is 5.00. The molecule has 3 rings (SSSR count). The average molecular weight is 229 g/mol. The van der Waals surface area contributed by atoms with E-state index < -0.39 is 0 Å². The summed E-state index contributed by atoms with van der Waals surface area (Å²) in [6.45, 7) is 0. The van der Waals surface area contributed by atoms with Crippen molar-refractivity contribution in [3.8, 4) is 0 Å². The SMILES string of the molecule is CNC1CCC(c2c[nH]c3cnccc23)CC1. The van der Waals surface area contributed by atoms with E-state index in [2.05, 4.69) is 34.6 Å². The Hall–Kier alpha value is -1.35.